The van der Waals surface area contributed by atoms with Crippen molar-refractivity contribution in [2.24, 2.45) is 5.92 Å². The maximum atomic E-state index is 13.3. The van der Waals surface area contributed by atoms with Crippen molar-refractivity contribution in [3.63, 3.8) is 0 Å². The summed E-state index contributed by atoms with van der Waals surface area (Å²) in [6.45, 7) is 5.59. The molecule has 2 N–H and O–H groups in total. The van der Waals surface area contributed by atoms with Gasteiger partial charge in [-0.05, 0) is 44.7 Å². The average molecular weight is 480 g/mol. The zero-order valence-electron chi connectivity index (χ0n) is 20.5. The molecule has 0 radical (unpaired) electrons. The third-order valence-corrected chi connectivity index (χ3v) is 6.19. The van der Waals surface area contributed by atoms with Crippen molar-refractivity contribution in [3.05, 3.63) is 64.7 Å². The standard InChI is InChI=1S/C26H33N5O4/c1-18-8-4-7-11-22(18)35-20-15-24(32)31(27-16-20)21(14-19-9-5-6-10-19)25(33)28-23-12-13-30(29-23)17-26(2,3)34/h4,7-8,11-13,15-16,19,21,34H,5-6,9-10,14,17H2,1-3H3,(H,28,29,33)/t21-/m1/s1. The molecule has 0 saturated heterocycles. The lowest BCUT2D eigenvalue weighted by Crippen LogP contribution is -2.36. The largest absolute Gasteiger partial charge is 0.455 e. The smallest absolute Gasteiger partial charge is 0.271 e. The number of rotatable bonds is 9. The summed E-state index contributed by atoms with van der Waals surface area (Å²) in [6.07, 6.45) is 8.03. The molecular weight excluding hydrogens is 446 g/mol. The summed E-state index contributed by atoms with van der Waals surface area (Å²) in [5, 5.41) is 21.5. The summed E-state index contributed by atoms with van der Waals surface area (Å²) in [4.78, 5) is 26.4. The number of nitrogens with one attached hydrogen (secondary N) is 1. The number of ether oxygens (including phenoxy) is 1. The third-order valence-electron chi connectivity index (χ3n) is 6.19. The highest BCUT2D eigenvalue weighted by molar-refractivity contribution is 5.92. The number of para-hydroxylation sites is 1. The number of hydrogen-bond acceptors (Lipinski definition) is 6. The van der Waals surface area contributed by atoms with Crippen LogP contribution in [0, 0.1) is 12.8 Å². The molecule has 35 heavy (non-hydrogen) atoms. The lowest BCUT2D eigenvalue weighted by Gasteiger charge is -2.21. The Labute approximate surface area is 204 Å². The van der Waals surface area contributed by atoms with Gasteiger partial charge in [-0.25, -0.2) is 4.68 Å². The van der Waals surface area contributed by atoms with E-state index in [1.54, 1.807) is 30.8 Å². The molecule has 0 spiro atoms. The highest BCUT2D eigenvalue weighted by Crippen LogP contribution is 2.32. The van der Waals surface area contributed by atoms with Crippen molar-refractivity contribution in [2.45, 2.75) is 71.1 Å². The van der Waals surface area contributed by atoms with Gasteiger partial charge in [0.05, 0.1) is 18.3 Å². The third kappa shape index (κ3) is 6.57. The number of carbonyl (C=O) groups is 1. The molecule has 186 valence electrons. The number of nitrogens with zero attached hydrogens (tertiary/aromatic N) is 4. The van der Waals surface area contributed by atoms with E-state index in [9.17, 15) is 14.7 Å². The van der Waals surface area contributed by atoms with Gasteiger partial charge in [0, 0.05) is 18.3 Å². The van der Waals surface area contributed by atoms with Gasteiger partial charge in [0.2, 0.25) is 0 Å². The summed E-state index contributed by atoms with van der Waals surface area (Å²) in [5.74, 6) is 1.35. The number of hydrogen-bond donors (Lipinski definition) is 2. The zero-order chi connectivity index (χ0) is 25.0. The zero-order valence-corrected chi connectivity index (χ0v) is 20.5. The van der Waals surface area contributed by atoms with Crippen molar-refractivity contribution in [1.29, 1.82) is 0 Å². The molecule has 1 atom stereocenters. The minimum absolute atomic E-state index is 0.289. The first kappa shape index (κ1) is 24.7. The summed E-state index contributed by atoms with van der Waals surface area (Å²) in [5.41, 5.74) is -0.390. The van der Waals surface area contributed by atoms with Crippen molar-refractivity contribution >= 4 is 11.7 Å². The predicted molar refractivity (Wildman–Crippen MR) is 133 cm³/mol. The van der Waals surface area contributed by atoms with Gasteiger partial charge in [-0.2, -0.15) is 10.2 Å². The van der Waals surface area contributed by atoms with Crippen LogP contribution in [0.3, 0.4) is 0 Å². The first-order chi connectivity index (χ1) is 16.7. The molecule has 3 aromatic rings. The molecule has 1 fully saturated rings. The molecular formula is C26H33N5O4. The molecule has 2 heterocycles. The topological polar surface area (TPSA) is 111 Å². The van der Waals surface area contributed by atoms with Gasteiger partial charge in [0.25, 0.3) is 11.5 Å². The molecule has 2 aromatic heterocycles. The summed E-state index contributed by atoms with van der Waals surface area (Å²) in [6, 6.07) is 9.80. The van der Waals surface area contributed by atoms with Gasteiger partial charge in [-0.1, -0.05) is 43.9 Å². The van der Waals surface area contributed by atoms with Crippen LogP contribution in [0.25, 0.3) is 0 Å². The fourth-order valence-electron chi connectivity index (χ4n) is 4.49. The van der Waals surface area contributed by atoms with Crippen LogP contribution in [-0.2, 0) is 11.3 Å². The van der Waals surface area contributed by atoms with Crippen molar-refractivity contribution in [3.8, 4) is 11.5 Å². The molecule has 9 heteroatoms. The van der Waals surface area contributed by atoms with E-state index in [1.165, 1.54) is 16.9 Å². The van der Waals surface area contributed by atoms with E-state index in [4.69, 9.17) is 4.74 Å². The maximum Gasteiger partial charge on any atom is 0.271 e. The van der Waals surface area contributed by atoms with Gasteiger partial charge in [0.1, 0.15) is 11.8 Å². The molecule has 1 aromatic carbocycles. The van der Waals surface area contributed by atoms with E-state index < -0.39 is 17.2 Å². The van der Waals surface area contributed by atoms with Crippen LogP contribution >= 0.6 is 0 Å². The Hall–Kier alpha value is -3.46. The molecule has 9 nitrogen and oxygen atoms in total. The Morgan fingerprint density at radius 1 is 1.26 bits per heavy atom. The van der Waals surface area contributed by atoms with Crippen molar-refractivity contribution < 1.29 is 14.6 Å². The number of aromatic nitrogens is 4. The monoisotopic (exact) mass is 479 g/mol. The molecule has 1 amide bonds. The van der Waals surface area contributed by atoms with Crippen LogP contribution in [-0.4, -0.2) is 36.2 Å². The number of carbonyl (C=O) groups excluding carboxylic acids is 1. The summed E-state index contributed by atoms with van der Waals surface area (Å²) >= 11 is 0. The molecule has 1 saturated carbocycles. The number of aliphatic hydroxyl groups is 1. The van der Waals surface area contributed by atoms with E-state index in [1.807, 2.05) is 31.2 Å². The summed E-state index contributed by atoms with van der Waals surface area (Å²) < 4.78 is 8.66. The van der Waals surface area contributed by atoms with Crippen LogP contribution in [0.2, 0.25) is 0 Å². The van der Waals surface area contributed by atoms with Gasteiger partial charge < -0.3 is 15.2 Å². The van der Waals surface area contributed by atoms with Crippen LogP contribution in [0.1, 0.15) is 57.6 Å². The van der Waals surface area contributed by atoms with Gasteiger partial charge >= 0.3 is 0 Å². The van der Waals surface area contributed by atoms with Crippen LogP contribution < -0.4 is 15.6 Å². The quantitative estimate of drug-likeness (QED) is 0.479. The second-order valence-corrected chi connectivity index (χ2v) is 9.94. The van der Waals surface area contributed by atoms with Crippen LogP contribution in [0.5, 0.6) is 11.5 Å². The Morgan fingerprint density at radius 3 is 2.69 bits per heavy atom. The molecule has 0 bridgehead atoms. The Balaban J connectivity index is 1.54. The van der Waals surface area contributed by atoms with Gasteiger partial charge in [-0.3, -0.25) is 14.3 Å². The molecule has 0 aliphatic heterocycles. The van der Waals surface area contributed by atoms with Crippen molar-refractivity contribution in [2.75, 3.05) is 5.32 Å². The van der Waals surface area contributed by atoms with E-state index in [0.717, 1.165) is 31.2 Å². The SMILES string of the molecule is Cc1ccccc1Oc1cnn([C@H](CC2CCCC2)C(=O)Nc2ccn(CC(C)(C)O)n2)c(=O)c1. The first-order valence-electron chi connectivity index (χ1n) is 12.1. The molecule has 4 rings (SSSR count). The van der Waals surface area contributed by atoms with Gasteiger partial charge in [-0.15, -0.1) is 0 Å². The Kier molecular flexibility index (Phi) is 7.35. The minimum atomic E-state index is -0.933. The predicted octanol–water partition coefficient (Wildman–Crippen LogP) is 4.07. The van der Waals surface area contributed by atoms with E-state index in [2.05, 4.69) is 15.5 Å². The fourth-order valence-corrected chi connectivity index (χ4v) is 4.49. The second-order valence-electron chi connectivity index (χ2n) is 9.94. The highest BCUT2D eigenvalue weighted by atomic mass is 16.5. The molecule has 1 aliphatic rings. The average Bonchev–Trinajstić information content (AvgIpc) is 3.45. The number of benzene rings is 1. The van der Waals surface area contributed by atoms with E-state index in [0.29, 0.717) is 29.7 Å². The highest BCUT2D eigenvalue weighted by Gasteiger charge is 2.29. The lowest BCUT2D eigenvalue weighted by atomic mass is 9.98. The number of amides is 1. The summed E-state index contributed by atoms with van der Waals surface area (Å²) in [7, 11) is 0. The first-order valence-corrected chi connectivity index (χ1v) is 12.1. The fraction of sp³-hybridized carbons (Fsp3) is 0.462. The van der Waals surface area contributed by atoms with Crippen LogP contribution in [0.15, 0.2) is 53.6 Å². The van der Waals surface area contributed by atoms with Crippen LogP contribution in [0.4, 0.5) is 5.82 Å². The molecule has 1 aliphatic carbocycles. The van der Waals surface area contributed by atoms with Crippen molar-refractivity contribution in [1.82, 2.24) is 19.6 Å². The van der Waals surface area contributed by atoms with E-state index >= 15 is 0 Å². The minimum Gasteiger partial charge on any atom is -0.455 e. The molecule has 0 unspecified atom stereocenters. The second kappa shape index (κ2) is 10.4. The lowest BCUT2D eigenvalue weighted by molar-refractivity contribution is -0.120. The van der Waals surface area contributed by atoms with E-state index in [-0.39, 0.29) is 12.5 Å². The number of aryl methyl sites for hydroxylation is 1. The Bertz CT molecular complexity index is 1220. The van der Waals surface area contributed by atoms with Gasteiger partial charge in [0.15, 0.2) is 11.6 Å². The maximum absolute atomic E-state index is 13.3. The Morgan fingerprint density at radius 2 is 2.00 bits per heavy atom. The normalized spacial score (nSPS) is 15.2. The number of anilines is 1.